The first-order valence-electron chi connectivity index (χ1n) is 11.6. The van der Waals surface area contributed by atoms with Crippen LogP contribution in [0.5, 0.6) is 11.5 Å². The summed E-state index contributed by atoms with van der Waals surface area (Å²) >= 11 is 0. The van der Waals surface area contributed by atoms with Crippen molar-refractivity contribution in [2.24, 2.45) is 0 Å². The third kappa shape index (κ3) is 6.69. The van der Waals surface area contributed by atoms with E-state index in [1.54, 1.807) is 0 Å². The van der Waals surface area contributed by atoms with Gasteiger partial charge >= 0.3 is 11.6 Å². The molecule has 0 spiro atoms. The normalized spacial score (nSPS) is 24.8. The molecule has 1 aliphatic heterocycles. The SMILES string of the molecule is CCCCCCCCC(=O)OC[C@H]1O[C@H](Oc2cc3ccc(=O)oc3cc2O)[C@H](O)[C@@H](O)[C@@H]1O. The zero-order valence-electron chi connectivity index (χ0n) is 19.1. The van der Waals surface area contributed by atoms with Crippen LogP contribution in [0.2, 0.25) is 0 Å². The first-order valence-corrected chi connectivity index (χ1v) is 11.6. The number of esters is 1. The number of hydrogen-bond acceptors (Lipinski definition) is 10. The lowest BCUT2D eigenvalue weighted by atomic mass is 9.99. The summed E-state index contributed by atoms with van der Waals surface area (Å²) in [5, 5.41) is 41.4. The molecule has 1 aromatic heterocycles. The highest BCUT2D eigenvalue weighted by atomic mass is 16.7. The van der Waals surface area contributed by atoms with E-state index in [1.165, 1.54) is 30.7 Å². The average molecular weight is 481 g/mol. The minimum atomic E-state index is -1.64. The number of rotatable bonds is 11. The number of unbranched alkanes of at least 4 members (excludes halogenated alkanes) is 5. The molecule has 4 N–H and O–H groups in total. The molecule has 0 aliphatic carbocycles. The minimum absolute atomic E-state index is 0.104. The molecule has 10 heteroatoms. The maximum atomic E-state index is 12.0. The summed E-state index contributed by atoms with van der Waals surface area (Å²) in [7, 11) is 0. The second-order valence-electron chi connectivity index (χ2n) is 8.45. The van der Waals surface area contributed by atoms with Crippen LogP contribution < -0.4 is 10.4 Å². The molecule has 0 unspecified atom stereocenters. The molecule has 10 nitrogen and oxygen atoms in total. The molecule has 1 aromatic carbocycles. The van der Waals surface area contributed by atoms with Gasteiger partial charge in [-0.1, -0.05) is 39.0 Å². The van der Waals surface area contributed by atoms with Crippen LogP contribution in [-0.2, 0) is 14.3 Å². The Kier molecular flexibility index (Phi) is 9.28. The van der Waals surface area contributed by atoms with Gasteiger partial charge in [-0.2, -0.15) is 0 Å². The van der Waals surface area contributed by atoms with Crippen LogP contribution >= 0.6 is 0 Å². The summed E-state index contributed by atoms with van der Waals surface area (Å²) < 4.78 is 21.3. The van der Waals surface area contributed by atoms with Crippen molar-refractivity contribution in [3.05, 3.63) is 34.7 Å². The van der Waals surface area contributed by atoms with Gasteiger partial charge in [0.25, 0.3) is 0 Å². The van der Waals surface area contributed by atoms with Gasteiger partial charge in [-0.25, -0.2) is 4.79 Å². The second kappa shape index (κ2) is 12.2. The van der Waals surface area contributed by atoms with Crippen LogP contribution in [0.3, 0.4) is 0 Å². The summed E-state index contributed by atoms with van der Waals surface area (Å²) in [6.07, 6.45) is -1.05. The predicted octanol–water partition coefficient (Wildman–Crippen LogP) is 1.98. The number of benzene rings is 1. The van der Waals surface area contributed by atoms with Crippen molar-refractivity contribution >= 4 is 16.9 Å². The Morgan fingerprint density at radius 2 is 1.74 bits per heavy atom. The van der Waals surface area contributed by atoms with Crippen molar-refractivity contribution in [1.82, 2.24) is 0 Å². The second-order valence-corrected chi connectivity index (χ2v) is 8.45. The van der Waals surface area contributed by atoms with Gasteiger partial charge < -0.3 is 39.1 Å². The number of hydrogen-bond donors (Lipinski definition) is 4. The summed E-state index contributed by atoms with van der Waals surface area (Å²) in [5.41, 5.74) is -0.453. The third-order valence-corrected chi connectivity index (χ3v) is 5.76. The standard InChI is InChI=1S/C24H32O10/c1-2-3-4-5-6-7-8-19(26)31-13-18-21(28)22(29)23(30)24(34-18)33-17-11-14-9-10-20(27)32-16(14)12-15(17)25/h9-12,18,21-25,28-30H,2-8,13H2,1H3/t18-,21-,22+,23-,24+/m1/s1. The van der Waals surface area contributed by atoms with E-state index < -0.39 is 42.3 Å². The van der Waals surface area contributed by atoms with Gasteiger partial charge in [-0.05, 0) is 18.6 Å². The Balaban J connectivity index is 1.58. The molecule has 0 radical (unpaired) electrons. The maximum absolute atomic E-state index is 12.0. The lowest BCUT2D eigenvalue weighted by Gasteiger charge is -2.39. The lowest BCUT2D eigenvalue weighted by Crippen LogP contribution is -2.60. The van der Waals surface area contributed by atoms with Crippen LogP contribution in [0, 0.1) is 0 Å². The minimum Gasteiger partial charge on any atom is -0.504 e. The van der Waals surface area contributed by atoms with E-state index in [0.717, 1.165) is 25.7 Å². The summed E-state index contributed by atoms with van der Waals surface area (Å²) in [5.74, 6) is -0.939. The van der Waals surface area contributed by atoms with Gasteiger partial charge in [0, 0.05) is 23.9 Å². The highest BCUT2D eigenvalue weighted by Crippen LogP contribution is 2.34. The zero-order valence-corrected chi connectivity index (χ0v) is 19.1. The number of aromatic hydroxyl groups is 1. The monoisotopic (exact) mass is 480 g/mol. The molecular weight excluding hydrogens is 448 g/mol. The Morgan fingerprint density at radius 3 is 2.50 bits per heavy atom. The average Bonchev–Trinajstić information content (AvgIpc) is 2.81. The Labute approximate surface area is 196 Å². The molecule has 2 aromatic rings. The molecule has 1 aliphatic rings. The van der Waals surface area contributed by atoms with Crippen molar-refractivity contribution in [2.45, 2.75) is 82.6 Å². The lowest BCUT2D eigenvalue weighted by molar-refractivity contribution is -0.278. The van der Waals surface area contributed by atoms with Gasteiger partial charge in [-0.3, -0.25) is 4.79 Å². The van der Waals surface area contributed by atoms with E-state index in [-0.39, 0.29) is 30.1 Å². The highest BCUT2D eigenvalue weighted by molar-refractivity contribution is 5.80. The summed E-state index contributed by atoms with van der Waals surface area (Å²) in [6, 6.07) is 5.21. The van der Waals surface area contributed by atoms with E-state index in [2.05, 4.69) is 6.92 Å². The molecule has 1 fully saturated rings. The van der Waals surface area contributed by atoms with Crippen LogP contribution in [0.1, 0.15) is 51.9 Å². The predicted molar refractivity (Wildman–Crippen MR) is 120 cm³/mol. The fourth-order valence-corrected chi connectivity index (χ4v) is 3.75. The molecule has 0 bridgehead atoms. The van der Waals surface area contributed by atoms with Gasteiger partial charge in [0.05, 0.1) is 0 Å². The summed E-state index contributed by atoms with van der Waals surface area (Å²) in [6.45, 7) is 1.80. The number of aliphatic hydroxyl groups is 3. The molecule has 1 saturated heterocycles. The van der Waals surface area contributed by atoms with Crippen molar-refractivity contribution in [2.75, 3.05) is 6.61 Å². The van der Waals surface area contributed by atoms with E-state index in [1.807, 2.05) is 0 Å². The van der Waals surface area contributed by atoms with Crippen molar-refractivity contribution in [3.8, 4) is 11.5 Å². The summed E-state index contributed by atoms with van der Waals surface area (Å²) in [4.78, 5) is 23.4. The highest BCUT2D eigenvalue weighted by Gasteiger charge is 2.45. The number of ether oxygens (including phenoxy) is 3. The van der Waals surface area contributed by atoms with E-state index >= 15 is 0 Å². The fraction of sp³-hybridized carbons (Fsp3) is 0.583. The van der Waals surface area contributed by atoms with Crippen molar-refractivity contribution in [1.29, 1.82) is 0 Å². The number of fused-ring (bicyclic) bond motifs is 1. The third-order valence-electron chi connectivity index (χ3n) is 5.76. The van der Waals surface area contributed by atoms with E-state index in [9.17, 15) is 30.0 Å². The van der Waals surface area contributed by atoms with Gasteiger partial charge in [0.2, 0.25) is 6.29 Å². The molecule has 2 heterocycles. The number of phenolic OH excluding ortho intramolecular Hbond substituents is 1. The molecule has 34 heavy (non-hydrogen) atoms. The number of carbonyl (C=O) groups is 1. The van der Waals surface area contributed by atoms with Crippen LogP contribution in [-0.4, -0.2) is 63.7 Å². The van der Waals surface area contributed by atoms with Gasteiger partial charge in [0.15, 0.2) is 11.5 Å². The van der Waals surface area contributed by atoms with E-state index in [4.69, 9.17) is 18.6 Å². The first kappa shape index (κ1) is 26.0. The number of aliphatic hydroxyl groups excluding tert-OH is 3. The molecule has 3 rings (SSSR count). The van der Waals surface area contributed by atoms with Gasteiger partial charge in [0.1, 0.15) is 36.6 Å². The largest absolute Gasteiger partial charge is 0.504 e. The topological polar surface area (TPSA) is 156 Å². The molecule has 188 valence electrons. The van der Waals surface area contributed by atoms with Crippen LogP contribution in [0.4, 0.5) is 0 Å². The van der Waals surface area contributed by atoms with E-state index in [0.29, 0.717) is 11.8 Å². The fourth-order valence-electron chi connectivity index (χ4n) is 3.75. The van der Waals surface area contributed by atoms with Crippen LogP contribution in [0.25, 0.3) is 11.0 Å². The maximum Gasteiger partial charge on any atom is 0.336 e. The molecule has 5 atom stereocenters. The quantitative estimate of drug-likeness (QED) is 0.213. The Bertz CT molecular complexity index is 1000. The molecule has 0 amide bonds. The van der Waals surface area contributed by atoms with Crippen molar-refractivity contribution in [3.63, 3.8) is 0 Å². The zero-order chi connectivity index (χ0) is 24.7. The number of carbonyl (C=O) groups excluding carboxylic acids is 1. The molecule has 0 saturated carbocycles. The van der Waals surface area contributed by atoms with Gasteiger partial charge in [-0.15, -0.1) is 0 Å². The number of phenols is 1. The first-order chi connectivity index (χ1) is 16.3. The van der Waals surface area contributed by atoms with Crippen molar-refractivity contribution < 1.29 is 43.8 Å². The van der Waals surface area contributed by atoms with Crippen LogP contribution in [0.15, 0.2) is 33.5 Å². The molecular formula is C24H32O10. The Morgan fingerprint density at radius 1 is 1.00 bits per heavy atom. The smallest absolute Gasteiger partial charge is 0.336 e. The Hall–Kier alpha value is -2.66.